The summed E-state index contributed by atoms with van der Waals surface area (Å²) in [4.78, 5) is 18.7. The molecule has 3 heterocycles. The van der Waals surface area contributed by atoms with Crippen LogP contribution in [0.25, 0.3) is 0 Å². The molecule has 3 rings (SSSR count). The van der Waals surface area contributed by atoms with Crippen LogP contribution in [0.3, 0.4) is 0 Å². The number of nitrogens with zero attached hydrogens (tertiary/aromatic N) is 3. The van der Waals surface area contributed by atoms with Crippen LogP contribution >= 0.6 is 0 Å². The van der Waals surface area contributed by atoms with Gasteiger partial charge in [0.05, 0.1) is 0 Å². The molecule has 6 heteroatoms. The molecule has 0 saturated carbocycles. The van der Waals surface area contributed by atoms with Crippen LogP contribution in [0.15, 0.2) is 30.5 Å². The molecular formula is C17H23N5O. The Balaban J connectivity index is 1.52. The minimum absolute atomic E-state index is 0.0277. The standard InChI is InChI=1S/C17H23N5O/c1-2-5-14-12-15(21-20-14)17(23)22-10-7-13(8-11-22)19-16-6-3-4-9-18-16/h3-4,6,9,12-13H,2,5,7-8,10-11H2,1H3,(H,18,19)(H,20,21). The maximum Gasteiger partial charge on any atom is 0.274 e. The fourth-order valence-electron chi connectivity index (χ4n) is 2.91. The molecule has 1 aliphatic heterocycles. The van der Waals surface area contributed by atoms with E-state index >= 15 is 0 Å². The van der Waals surface area contributed by atoms with Gasteiger partial charge in [0.1, 0.15) is 11.5 Å². The number of aromatic amines is 1. The minimum Gasteiger partial charge on any atom is -0.367 e. The van der Waals surface area contributed by atoms with Crippen LogP contribution in [0.1, 0.15) is 42.4 Å². The second kappa shape index (κ2) is 7.26. The molecule has 2 aromatic rings. The number of hydrogen-bond acceptors (Lipinski definition) is 4. The van der Waals surface area contributed by atoms with Gasteiger partial charge in [-0.15, -0.1) is 0 Å². The lowest BCUT2D eigenvalue weighted by molar-refractivity contribution is 0.0712. The van der Waals surface area contributed by atoms with Crippen LogP contribution in [0, 0.1) is 0 Å². The third-order valence-electron chi connectivity index (χ3n) is 4.17. The third-order valence-corrected chi connectivity index (χ3v) is 4.17. The first kappa shape index (κ1) is 15.5. The molecule has 1 fully saturated rings. The molecule has 0 bridgehead atoms. The number of carbonyl (C=O) groups is 1. The number of anilines is 1. The van der Waals surface area contributed by atoms with Gasteiger partial charge in [-0.3, -0.25) is 9.89 Å². The topological polar surface area (TPSA) is 73.9 Å². The molecule has 0 spiro atoms. The van der Waals surface area contributed by atoms with Gasteiger partial charge in [0, 0.05) is 31.0 Å². The van der Waals surface area contributed by atoms with Crippen molar-refractivity contribution in [3.05, 3.63) is 41.9 Å². The summed E-state index contributed by atoms with van der Waals surface area (Å²) in [5.41, 5.74) is 1.56. The highest BCUT2D eigenvalue weighted by Gasteiger charge is 2.25. The van der Waals surface area contributed by atoms with Crippen LogP contribution in [0.4, 0.5) is 5.82 Å². The predicted octanol–water partition coefficient (Wildman–Crippen LogP) is 2.47. The maximum atomic E-state index is 12.5. The maximum absolute atomic E-state index is 12.5. The van der Waals surface area contributed by atoms with Crippen molar-refractivity contribution in [1.82, 2.24) is 20.1 Å². The quantitative estimate of drug-likeness (QED) is 0.889. The number of amides is 1. The van der Waals surface area contributed by atoms with Crippen molar-refractivity contribution in [3.63, 3.8) is 0 Å². The van der Waals surface area contributed by atoms with Crippen molar-refractivity contribution in [2.75, 3.05) is 18.4 Å². The van der Waals surface area contributed by atoms with E-state index in [-0.39, 0.29) is 5.91 Å². The molecule has 6 nitrogen and oxygen atoms in total. The second-order valence-electron chi connectivity index (χ2n) is 5.95. The molecular weight excluding hydrogens is 290 g/mol. The van der Waals surface area contributed by atoms with Crippen molar-refractivity contribution in [1.29, 1.82) is 0 Å². The molecule has 0 aliphatic carbocycles. The Bertz CT molecular complexity index is 631. The van der Waals surface area contributed by atoms with E-state index in [4.69, 9.17) is 0 Å². The van der Waals surface area contributed by atoms with Crippen LogP contribution in [0.2, 0.25) is 0 Å². The zero-order valence-electron chi connectivity index (χ0n) is 13.5. The van der Waals surface area contributed by atoms with E-state index in [1.165, 1.54) is 0 Å². The highest BCUT2D eigenvalue weighted by atomic mass is 16.2. The van der Waals surface area contributed by atoms with Gasteiger partial charge < -0.3 is 10.2 Å². The van der Waals surface area contributed by atoms with E-state index in [0.29, 0.717) is 11.7 Å². The monoisotopic (exact) mass is 313 g/mol. The molecule has 0 radical (unpaired) electrons. The van der Waals surface area contributed by atoms with E-state index in [2.05, 4.69) is 27.4 Å². The van der Waals surface area contributed by atoms with Crippen LogP contribution in [0.5, 0.6) is 0 Å². The third kappa shape index (κ3) is 3.88. The van der Waals surface area contributed by atoms with Crippen molar-refractivity contribution < 1.29 is 4.79 Å². The number of aromatic nitrogens is 3. The summed E-state index contributed by atoms with van der Waals surface area (Å²) in [5.74, 6) is 0.925. The van der Waals surface area contributed by atoms with E-state index in [1.807, 2.05) is 29.2 Å². The summed E-state index contributed by atoms with van der Waals surface area (Å²) in [6.07, 6.45) is 5.60. The molecule has 2 N–H and O–H groups in total. The van der Waals surface area contributed by atoms with Crippen molar-refractivity contribution in [2.24, 2.45) is 0 Å². The Labute approximate surface area is 136 Å². The zero-order chi connectivity index (χ0) is 16.1. The summed E-state index contributed by atoms with van der Waals surface area (Å²) >= 11 is 0. The number of piperidine rings is 1. The molecule has 1 aliphatic rings. The summed E-state index contributed by atoms with van der Waals surface area (Å²) in [5, 5.41) is 10.5. The zero-order valence-corrected chi connectivity index (χ0v) is 13.5. The number of rotatable bonds is 5. The summed E-state index contributed by atoms with van der Waals surface area (Å²) in [6.45, 7) is 3.61. The van der Waals surface area contributed by atoms with Crippen molar-refractivity contribution >= 4 is 11.7 Å². The van der Waals surface area contributed by atoms with E-state index in [1.54, 1.807) is 6.20 Å². The molecule has 0 atom stereocenters. The average molecular weight is 313 g/mol. The Morgan fingerprint density at radius 1 is 1.39 bits per heavy atom. The average Bonchev–Trinajstić information content (AvgIpc) is 3.05. The van der Waals surface area contributed by atoms with Crippen LogP contribution in [-0.4, -0.2) is 45.1 Å². The predicted molar refractivity (Wildman–Crippen MR) is 89.4 cm³/mol. The van der Waals surface area contributed by atoms with Gasteiger partial charge in [-0.25, -0.2) is 4.98 Å². The van der Waals surface area contributed by atoms with Gasteiger partial charge in [-0.2, -0.15) is 5.10 Å². The molecule has 0 unspecified atom stereocenters. The SMILES string of the molecule is CCCc1cc(C(=O)N2CCC(Nc3ccccn3)CC2)n[nH]1. The number of likely N-dealkylation sites (tertiary alicyclic amines) is 1. The fourth-order valence-corrected chi connectivity index (χ4v) is 2.91. The van der Waals surface area contributed by atoms with Gasteiger partial charge in [0.2, 0.25) is 0 Å². The van der Waals surface area contributed by atoms with Gasteiger partial charge in [0.25, 0.3) is 5.91 Å². The lowest BCUT2D eigenvalue weighted by Crippen LogP contribution is -2.42. The molecule has 1 amide bonds. The summed E-state index contributed by atoms with van der Waals surface area (Å²) < 4.78 is 0. The molecule has 1 saturated heterocycles. The normalized spacial score (nSPS) is 15.6. The number of carbonyl (C=O) groups excluding carboxylic acids is 1. The van der Waals surface area contributed by atoms with Crippen LogP contribution in [-0.2, 0) is 6.42 Å². The first-order valence-corrected chi connectivity index (χ1v) is 8.27. The largest absolute Gasteiger partial charge is 0.367 e. The molecule has 23 heavy (non-hydrogen) atoms. The van der Waals surface area contributed by atoms with E-state index in [0.717, 1.165) is 50.3 Å². The molecule has 122 valence electrons. The number of H-pyrrole nitrogens is 1. The Morgan fingerprint density at radius 3 is 2.91 bits per heavy atom. The Kier molecular flexibility index (Phi) is 4.90. The van der Waals surface area contributed by atoms with Crippen molar-refractivity contribution in [2.45, 2.75) is 38.6 Å². The lowest BCUT2D eigenvalue weighted by Gasteiger charge is -2.32. The smallest absolute Gasteiger partial charge is 0.274 e. The highest BCUT2D eigenvalue weighted by Crippen LogP contribution is 2.17. The van der Waals surface area contributed by atoms with Crippen LogP contribution < -0.4 is 5.32 Å². The number of nitrogens with one attached hydrogen (secondary N) is 2. The second-order valence-corrected chi connectivity index (χ2v) is 5.95. The van der Waals surface area contributed by atoms with Crippen molar-refractivity contribution in [3.8, 4) is 0 Å². The number of hydrogen-bond donors (Lipinski definition) is 2. The van der Waals surface area contributed by atoms with Gasteiger partial charge in [-0.05, 0) is 37.5 Å². The number of aryl methyl sites for hydroxylation is 1. The Morgan fingerprint density at radius 2 is 2.22 bits per heavy atom. The fraction of sp³-hybridized carbons (Fsp3) is 0.471. The first-order valence-electron chi connectivity index (χ1n) is 8.27. The number of pyridine rings is 1. The lowest BCUT2D eigenvalue weighted by atomic mass is 10.0. The Hall–Kier alpha value is -2.37. The van der Waals surface area contributed by atoms with E-state index < -0.39 is 0 Å². The minimum atomic E-state index is 0.0277. The molecule has 0 aromatic carbocycles. The summed E-state index contributed by atoms with van der Waals surface area (Å²) in [6, 6.07) is 8.09. The highest BCUT2D eigenvalue weighted by molar-refractivity contribution is 5.92. The van der Waals surface area contributed by atoms with Gasteiger partial charge in [-0.1, -0.05) is 19.4 Å². The van der Waals surface area contributed by atoms with Gasteiger partial charge in [0.15, 0.2) is 0 Å². The first-order chi connectivity index (χ1) is 11.3. The summed E-state index contributed by atoms with van der Waals surface area (Å²) in [7, 11) is 0. The van der Waals surface area contributed by atoms with Gasteiger partial charge >= 0.3 is 0 Å². The van der Waals surface area contributed by atoms with E-state index in [9.17, 15) is 4.79 Å². The molecule has 2 aromatic heterocycles.